The lowest BCUT2D eigenvalue weighted by Gasteiger charge is -2.25. The van der Waals surface area contributed by atoms with E-state index in [9.17, 15) is 9.50 Å². The molecule has 0 saturated carbocycles. The summed E-state index contributed by atoms with van der Waals surface area (Å²) in [7, 11) is 0. The van der Waals surface area contributed by atoms with E-state index in [-0.39, 0.29) is 11.9 Å². The van der Waals surface area contributed by atoms with Crippen molar-refractivity contribution in [2.24, 2.45) is 0 Å². The van der Waals surface area contributed by atoms with Crippen molar-refractivity contribution in [2.45, 2.75) is 25.5 Å². The molecule has 1 fully saturated rings. The van der Waals surface area contributed by atoms with Crippen molar-refractivity contribution in [1.29, 1.82) is 5.26 Å². The summed E-state index contributed by atoms with van der Waals surface area (Å²) < 4.78 is 13.1. The molecule has 0 bridgehead atoms. The summed E-state index contributed by atoms with van der Waals surface area (Å²) in [5.74, 6) is 0.120. The number of hydrogen-bond donors (Lipinski definition) is 1. The van der Waals surface area contributed by atoms with E-state index in [1.165, 1.54) is 12.1 Å². The van der Waals surface area contributed by atoms with Gasteiger partial charge in [-0.25, -0.2) is 14.4 Å². The fraction of sp³-hybridized carbons (Fsp3) is 0.312. The van der Waals surface area contributed by atoms with Crippen LogP contribution in [0.5, 0.6) is 0 Å². The van der Waals surface area contributed by atoms with Gasteiger partial charge < -0.3 is 10.0 Å². The van der Waals surface area contributed by atoms with Crippen LogP contribution >= 0.6 is 0 Å². The maximum Gasteiger partial charge on any atom is 0.227 e. The summed E-state index contributed by atoms with van der Waals surface area (Å²) in [6, 6.07) is 9.69. The van der Waals surface area contributed by atoms with Crippen molar-refractivity contribution in [3.63, 3.8) is 0 Å². The van der Waals surface area contributed by atoms with E-state index in [1.54, 1.807) is 25.1 Å². The molecule has 1 aromatic heterocycles. The number of aliphatic hydroxyl groups excluding tert-OH is 1. The van der Waals surface area contributed by atoms with Gasteiger partial charge in [-0.3, -0.25) is 0 Å². The van der Waals surface area contributed by atoms with Crippen LogP contribution in [-0.4, -0.2) is 27.7 Å². The lowest BCUT2D eigenvalue weighted by molar-refractivity contribution is 0.194. The molecule has 112 valence electrons. The Morgan fingerprint density at radius 3 is 2.73 bits per heavy atom. The highest BCUT2D eigenvalue weighted by atomic mass is 19.1. The number of β-amino-alcohol motifs (C(OH)–C–C–N with tert-alkyl or cyclic N) is 1. The third-order valence-corrected chi connectivity index (χ3v) is 3.75. The van der Waals surface area contributed by atoms with Crippen LogP contribution in [0.2, 0.25) is 0 Å². The molecule has 0 spiro atoms. The van der Waals surface area contributed by atoms with Gasteiger partial charge in [0.2, 0.25) is 5.95 Å². The van der Waals surface area contributed by atoms with Crippen LogP contribution in [0.4, 0.5) is 10.3 Å². The van der Waals surface area contributed by atoms with Crippen molar-refractivity contribution >= 4 is 5.95 Å². The number of aliphatic hydroxyl groups is 1. The topological polar surface area (TPSA) is 73.0 Å². The maximum atomic E-state index is 13.1. The molecule has 1 N–H and O–H groups in total. The molecule has 2 heterocycles. The summed E-state index contributed by atoms with van der Waals surface area (Å²) in [4.78, 5) is 10.5. The molecule has 2 atom stereocenters. The summed E-state index contributed by atoms with van der Waals surface area (Å²) in [6.45, 7) is 2.18. The molecule has 1 aliphatic heterocycles. The van der Waals surface area contributed by atoms with E-state index in [1.807, 2.05) is 11.0 Å². The van der Waals surface area contributed by atoms with Crippen LogP contribution in [0.1, 0.15) is 29.4 Å². The zero-order valence-corrected chi connectivity index (χ0v) is 12.1. The van der Waals surface area contributed by atoms with Crippen LogP contribution in [-0.2, 0) is 0 Å². The Hall–Kier alpha value is -2.52. The SMILES string of the molecule is Cc1cc(C#N)nc(N2C[C@@H](O)C[C@H]2c2ccc(F)cc2)n1. The second-order valence-corrected chi connectivity index (χ2v) is 5.42. The lowest BCUT2D eigenvalue weighted by Crippen LogP contribution is -2.26. The molecule has 2 aromatic rings. The van der Waals surface area contributed by atoms with Crippen molar-refractivity contribution in [3.05, 3.63) is 53.1 Å². The Bertz CT molecular complexity index is 726. The average molecular weight is 298 g/mol. The van der Waals surface area contributed by atoms with Gasteiger partial charge in [-0.2, -0.15) is 5.26 Å². The fourth-order valence-electron chi connectivity index (χ4n) is 2.77. The highest BCUT2D eigenvalue weighted by molar-refractivity contribution is 5.42. The third kappa shape index (κ3) is 2.76. The second-order valence-electron chi connectivity index (χ2n) is 5.42. The molecule has 3 rings (SSSR count). The molecule has 6 heteroatoms. The van der Waals surface area contributed by atoms with Crippen molar-refractivity contribution in [1.82, 2.24) is 9.97 Å². The number of nitriles is 1. The Morgan fingerprint density at radius 1 is 1.32 bits per heavy atom. The van der Waals surface area contributed by atoms with Crippen LogP contribution in [0.15, 0.2) is 30.3 Å². The number of anilines is 1. The predicted molar refractivity (Wildman–Crippen MR) is 78.6 cm³/mol. The molecule has 0 unspecified atom stereocenters. The first-order valence-corrected chi connectivity index (χ1v) is 7.03. The van der Waals surface area contributed by atoms with E-state index in [4.69, 9.17) is 5.26 Å². The van der Waals surface area contributed by atoms with Gasteiger partial charge in [-0.1, -0.05) is 12.1 Å². The number of aryl methyl sites for hydroxylation is 1. The van der Waals surface area contributed by atoms with Gasteiger partial charge in [0.15, 0.2) is 0 Å². The van der Waals surface area contributed by atoms with Gasteiger partial charge in [0.05, 0.1) is 12.1 Å². The van der Waals surface area contributed by atoms with E-state index in [0.717, 1.165) is 5.56 Å². The molecule has 1 aromatic carbocycles. The molecule has 0 radical (unpaired) electrons. The highest BCUT2D eigenvalue weighted by Crippen LogP contribution is 2.34. The highest BCUT2D eigenvalue weighted by Gasteiger charge is 2.34. The van der Waals surface area contributed by atoms with Gasteiger partial charge >= 0.3 is 0 Å². The van der Waals surface area contributed by atoms with Crippen molar-refractivity contribution in [2.75, 3.05) is 11.4 Å². The Kier molecular flexibility index (Phi) is 3.73. The zero-order chi connectivity index (χ0) is 15.7. The first-order chi connectivity index (χ1) is 10.6. The van der Waals surface area contributed by atoms with Gasteiger partial charge in [0, 0.05) is 12.2 Å². The Labute approximate surface area is 127 Å². The Balaban J connectivity index is 1.99. The van der Waals surface area contributed by atoms with Crippen LogP contribution in [0, 0.1) is 24.1 Å². The van der Waals surface area contributed by atoms with Gasteiger partial charge in [0.1, 0.15) is 17.6 Å². The summed E-state index contributed by atoms with van der Waals surface area (Å²) >= 11 is 0. The normalized spacial score (nSPS) is 20.9. The number of nitrogens with zero attached hydrogens (tertiary/aromatic N) is 4. The molecule has 22 heavy (non-hydrogen) atoms. The van der Waals surface area contributed by atoms with E-state index in [2.05, 4.69) is 9.97 Å². The number of rotatable bonds is 2. The molecular weight excluding hydrogens is 283 g/mol. The van der Waals surface area contributed by atoms with Crippen LogP contribution in [0.3, 0.4) is 0 Å². The van der Waals surface area contributed by atoms with E-state index >= 15 is 0 Å². The molecule has 0 amide bonds. The minimum atomic E-state index is -0.510. The monoisotopic (exact) mass is 298 g/mol. The zero-order valence-electron chi connectivity index (χ0n) is 12.1. The second kappa shape index (κ2) is 5.70. The van der Waals surface area contributed by atoms with Crippen LogP contribution < -0.4 is 4.90 Å². The average Bonchev–Trinajstić information content (AvgIpc) is 2.89. The van der Waals surface area contributed by atoms with Crippen molar-refractivity contribution in [3.8, 4) is 6.07 Å². The largest absolute Gasteiger partial charge is 0.391 e. The predicted octanol–water partition coefficient (Wildman–Crippen LogP) is 2.11. The summed E-state index contributed by atoms with van der Waals surface area (Å²) in [5.41, 5.74) is 1.88. The molecule has 1 saturated heterocycles. The van der Waals surface area contributed by atoms with Gasteiger partial charge in [-0.15, -0.1) is 0 Å². The Morgan fingerprint density at radius 2 is 2.05 bits per heavy atom. The standard InChI is InChI=1S/C16H15FN4O/c1-10-6-13(8-18)20-16(19-10)21-9-14(22)7-15(21)11-2-4-12(17)5-3-11/h2-6,14-15,22H,7,9H2,1H3/t14-,15-/m0/s1. The molecule has 1 aliphatic rings. The summed E-state index contributed by atoms with van der Waals surface area (Å²) in [6.07, 6.45) is 0.00914. The van der Waals surface area contributed by atoms with E-state index < -0.39 is 6.10 Å². The van der Waals surface area contributed by atoms with Crippen molar-refractivity contribution < 1.29 is 9.50 Å². The number of aromatic nitrogens is 2. The number of benzene rings is 1. The maximum absolute atomic E-state index is 13.1. The minimum absolute atomic E-state index is 0.135. The molecular formula is C16H15FN4O. The quantitative estimate of drug-likeness (QED) is 0.919. The van der Waals surface area contributed by atoms with Crippen LogP contribution in [0.25, 0.3) is 0 Å². The lowest BCUT2D eigenvalue weighted by atomic mass is 10.0. The number of halogens is 1. The molecule has 0 aliphatic carbocycles. The summed E-state index contributed by atoms with van der Waals surface area (Å²) in [5, 5.41) is 19.1. The number of hydrogen-bond acceptors (Lipinski definition) is 5. The smallest absolute Gasteiger partial charge is 0.227 e. The van der Waals surface area contributed by atoms with Gasteiger partial charge in [0.25, 0.3) is 0 Å². The minimum Gasteiger partial charge on any atom is -0.391 e. The molecule has 5 nitrogen and oxygen atoms in total. The first kappa shape index (κ1) is 14.4. The fourth-order valence-corrected chi connectivity index (χ4v) is 2.77. The third-order valence-electron chi connectivity index (χ3n) is 3.75. The van der Waals surface area contributed by atoms with Gasteiger partial charge in [-0.05, 0) is 37.1 Å². The first-order valence-electron chi connectivity index (χ1n) is 7.03. The van der Waals surface area contributed by atoms with E-state index in [0.29, 0.717) is 30.3 Å².